The van der Waals surface area contributed by atoms with Gasteiger partial charge in [-0.3, -0.25) is 9.48 Å². The third-order valence-electron chi connectivity index (χ3n) is 3.11. The van der Waals surface area contributed by atoms with Gasteiger partial charge in [-0.1, -0.05) is 6.92 Å². The van der Waals surface area contributed by atoms with Gasteiger partial charge in [-0.05, 0) is 26.0 Å². The highest BCUT2D eigenvalue weighted by molar-refractivity contribution is 7.09. The Hall–Kier alpha value is -1.53. The van der Waals surface area contributed by atoms with Crippen LogP contribution in [0.2, 0.25) is 0 Å². The van der Waals surface area contributed by atoms with E-state index in [9.17, 15) is 4.79 Å². The zero-order valence-electron chi connectivity index (χ0n) is 11.9. The van der Waals surface area contributed by atoms with E-state index in [0.717, 1.165) is 35.8 Å². The molecular formula is C14H20N4OS. The van der Waals surface area contributed by atoms with E-state index in [1.807, 2.05) is 23.1 Å². The molecule has 0 aromatic carbocycles. The Bertz CT molecular complexity index is 588. The predicted octanol–water partition coefficient (Wildman–Crippen LogP) is 1.85. The second kappa shape index (κ2) is 6.76. The van der Waals surface area contributed by atoms with Crippen LogP contribution in [0.4, 0.5) is 0 Å². The maximum atomic E-state index is 12.3. The highest BCUT2D eigenvalue weighted by atomic mass is 32.1. The maximum absolute atomic E-state index is 12.3. The lowest BCUT2D eigenvalue weighted by Gasteiger charge is -2.02. The number of rotatable bonds is 7. The molecule has 0 aliphatic rings. The number of carbonyl (C=O) groups excluding carboxylic acids is 1. The topological polar surface area (TPSA) is 73.8 Å². The molecule has 0 unspecified atom stereocenters. The van der Waals surface area contributed by atoms with E-state index < -0.39 is 0 Å². The minimum Gasteiger partial charge on any atom is -0.330 e. The Morgan fingerprint density at radius 2 is 2.25 bits per heavy atom. The zero-order valence-corrected chi connectivity index (χ0v) is 12.7. The molecule has 2 heterocycles. The van der Waals surface area contributed by atoms with E-state index >= 15 is 0 Å². The zero-order chi connectivity index (χ0) is 14.5. The lowest BCUT2D eigenvalue weighted by atomic mass is 10.1. The van der Waals surface area contributed by atoms with Gasteiger partial charge in [0.15, 0.2) is 5.78 Å². The van der Waals surface area contributed by atoms with Gasteiger partial charge in [0, 0.05) is 24.0 Å². The molecule has 0 saturated carbocycles. The first-order chi connectivity index (χ1) is 9.67. The number of aromatic nitrogens is 3. The van der Waals surface area contributed by atoms with Gasteiger partial charge in [-0.25, -0.2) is 4.98 Å². The molecule has 2 aromatic heterocycles. The Morgan fingerprint density at radius 1 is 1.45 bits per heavy atom. The number of carbonyl (C=O) groups is 1. The molecule has 2 rings (SSSR count). The first-order valence-corrected chi connectivity index (χ1v) is 7.79. The van der Waals surface area contributed by atoms with Crippen LogP contribution in [-0.4, -0.2) is 27.1 Å². The summed E-state index contributed by atoms with van der Waals surface area (Å²) in [5.74, 6) is 0.0433. The predicted molar refractivity (Wildman–Crippen MR) is 80.2 cm³/mol. The number of ketones is 1. The molecule has 0 radical (unpaired) electrons. The highest BCUT2D eigenvalue weighted by Gasteiger charge is 2.15. The summed E-state index contributed by atoms with van der Waals surface area (Å²) in [4.78, 5) is 16.6. The Morgan fingerprint density at radius 3 is 2.90 bits per heavy atom. The van der Waals surface area contributed by atoms with Crippen LogP contribution in [0.3, 0.4) is 0 Å². The third kappa shape index (κ3) is 3.32. The van der Waals surface area contributed by atoms with Crippen LogP contribution in [0.1, 0.15) is 40.7 Å². The van der Waals surface area contributed by atoms with Crippen LogP contribution in [0.25, 0.3) is 0 Å². The van der Waals surface area contributed by atoms with Crippen molar-refractivity contribution in [2.24, 2.45) is 5.73 Å². The summed E-state index contributed by atoms with van der Waals surface area (Å²) in [5.41, 5.74) is 8.02. The number of Topliss-reactive ketones (excluding diaryl/α,β-unsaturated/α-hetero) is 1. The van der Waals surface area contributed by atoms with Crippen molar-refractivity contribution in [1.29, 1.82) is 0 Å². The van der Waals surface area contributed by atoms with E-state index in [1.54, 1.807) is 0 Å². The number of hydrogen-bond donors (Lipinski definition) is 1. The van der Waals surface area contributed by atoms with Crippen molar-refractivity contribution >= 4 is 17.1 Å². The molecule has 2 aromatic rings. The van der Waals surface area contributed by atoms with Crippen molar-refractivity contribution in [2.75, 3.05) is 6.54 Å². The SMILES string of the molecule is CCc1cc(CC(=O)c2csc(CCN)n2)n(CC)n1. The second-order valence-corrected chi connectivity index (χ2v) is 5.50. The molecular weight excluding hydrogens is 272 g/mol. The molecule has 0 aliphatic carbocycles. The van der Waals surface area contributed by atoms with Crippen molar-refractivity contribution in [2.45, 2.75) is 39.7 Å². The molecule has 0 atom stereocenters. The number of thiazole rings is 1. The van der Waals surface area contributed by atoms with Crippen LogP contribution >= 0.6 is 11.3 Å². The number of hydrogen-bond acceptors (Lipinski definition) is 5. The smallest absolute Gasteiger partial charge is 0.187 e. The monoisotopic (exact) mass is 292 g/mol. The number of nitrogens with zero attached hydrogens (tertiary/aromatic N) is 3. The molecule has 5 nitrogen and oxygen atoms in total. The summed E-state index contributed by atoms with van der Waals surface area (Å²) < 4.78 is 1.89. The fourth-order valence-corrected chi connectivity index (χ4v) is 2.85. The molecule has 0 spiro atoms. The first-order valence-electron chi connectivity index (χ1n) is 6.91. The van der Waals surface area contributed by atoms with Crippen molar-refractivity contribution in [3.63, 3.8) is 0 Å². The maximum Gasteiger partial charge on any atom is 0.187 e. The molecule has 0 bridgehead atoms. The van der Waals surface area contributed by atoms with E-state index in [4.69, 9.17) is 5.73 Å². The van der Waals surface area contributed by atoms with Gasteiger partial charge in [-0.2, -0.15) is 5.10 Å². The molecule has 108 valence electrons. The van der Waals surface area contributed by atoms with Gasteiger partial charge in [-0.15, -0.1) is 11.3 Å². The van der Waals surface area contributed by atoms with Crippen LogP contribution < -0.4 is 5.73 Å². The van der Waals surface area contributed by atoms with Gasteiger partial charge >= 0.3 is 0 Å². The Kier molecular flexibility index (Phi) is 5.03. The lowest BCUT2D eigenvalue weighted by molar-refractivity contribution is 0.0986. The highest BCUT2D eigenvalue weighted by Crippen LogP contribution is 2.14. The standard InChI is InChI=1S/C14H20N4OS/c1-3-10-7-11(18(4-2)17-10)8-13(19)12-9-20-14(16-12)5-6-15/h7,9H,3-6,8,15H2,1-2H3. The molecule has 0 aliphatic heterocycles. The van der Waals surface area contributed by atoms with Crippen molar-refractivity contribution in [3.05, 3.63) is 33.5 Å². The van der Waals surface area contributed by atoms with Crippen molar-refractivity contribution in [3.8, 4) is 0 Å². The minimum atomic E-state index is 0.0433. The molecule has 20 heavy (non-hydrogen) atoms. The van der Waals surface area contributed by atoms with E-state index in [-0.39, 0.29) is 5.78 Å². The number of nitrogens with two attached hydrogens (primary N) is 1. The van der Waals surface area contributed by atoms with Crippen LogP contribution in [0.5, 0.6) is 0 Å². The van der Waals surface area contributed by atoms with E-state index in [1.165, 1.54) is 11.3 Å². The molecule has 0 fully saturated rings. The van der Waals surface area contributed by atoms with E-state index in [0.29, 0.717) is 18.7 Å². The summed E-state index contributed by atoms with van der Waals surface area (Å²) in [6.45, 7) is 5.43. The van der Waals surface area contributed by atoms with E-state index in [2.05, 4.69) is 17.0 Å². The van der Waals surface area contributed by atoms with Crippen LogP contribution in [-0.2, 0) is 25.8 Å². The Balaban J connectivity index is 2.12. The summed E-state index contributed by atoms with van der Waals surface area (Å²) in [6, 6.07) is 2.01. The fraction of sp³-hybridized carbons (Fsp3) is 0.500. The quantitative estimate of drug-likeness (QED) is 0.790. The van der Waals surface area contributed by atoms with Crippen molar-refractivity contribution in [1.82, 2.24) is 14.8 Å². The normalized spacial score (nSPS) is 10.9. The number of aryl methyl sites for hydroxylation is 2. The summed E-state index contributed by atoms with van der Waals surface area (Å²) in [5, 5.41) is 7.20. The van der Waals surface area contributed by atoms with Crippen molar-refractivity contribution < 1.29 is 4.79 Å². The molecule has 0 amide bonds. The summed E-state index contributed by atoms with van der Waals surface area (Å²) >= 11 is 1.50. The summed E-state index contributed by atoms with van der Waals surface area (Å²) in [6.07, 6.45) is 1.96. The Labute approximate surface area is 122 Å². The third-order valence-corrected chi connectivity index (χ3v) is 4.02. The van der Waals surface area contributed by atoms with Gasteiger partial charge in [0.25, 0.3) is 0 Å². The molecule has 2 N–H and O–H groups in total. The van der Waals surface area contributed by atoms with Gasteiger partial charge in [0.2, 0.25) is 0 Å². The average molecular weight is 292 g/mol. The van der Waals surface area contributed by atoms with Gasteiger partial charge in [0.05, 0.1) is 17.1 Å². The van der Waals surface area contributed by atoms with Gasteiger partial charge < -0.3 is 5.73 Å². The second-order valence-electron chi connectivity index (χ2n) is 4.56. The molecule has 6 heteroatoms. The van der Waals surface area contributed by atoms with Crippen LogP contribution in [0, 0.1) is 0 Å². The largest absolute Gasteiger partial charge is 0.330 e. The minimum absolute atomic E-state index is 0.0433. The average Bonchev–Trinajstić information content (AvgIpc) is 3.05. The first kappa shape index (κ1) is 14.9. The fourth-order valence-electron chi connectivity index (χ4n) is 2.04. The molecule has 0 saturated heterocycles. The summed E-state index contributed by atoms with van der Waals surface area (Å²) in [7, 11) is 0. The van der Waals surface area contributed by atoms with Crippen LogP contribution in [0.15, 0.2) is 11.4 Å². The lowest BCUT2D eigenvalue weighted by Crippen LogP contribution is -2.10. The van der Waals surface area contributed by atoms with Gasteiger partial charge in [0.1, 0.15) is 5.69 Å².